The van der Waals surface area contributed by atoms with Gasteiger partial charge in [0.15, 0.2) is 0 Å². The molecule has 3 aromatic rings. The molecule has 1 aromatic heterocycles. The van der Waals surface area contributed by atoms with Gasteiger partial charge in [-0.05, 0) is 38.1 Å². The van der Waals surface area contributed by atoms with Gasteiger partial charge in [-0.25, -0.2) is 8.42 Å². The molecule has 3 rings (SSSR count). The van der Waals surface area contributed by atoms with Crippen molar-refractivity contribution in [2.24, 2.45) is 0 Å². The van der Waals surface area contributed by atoms with Crippen LogP contribution in [-0.2, 0) is 9.84 Å². The smallest absolute Gasteiger partial charge is 0.233 e. The Hall–Kier alpha value is -2.60. The summed E-state index contributed by atoms with van der Waals surface area (Å²) in [5, 5.41) is 2.67. The van der Waals surface area contributed by atoms with Crippen molar-refractivity contribution in [3.63, 3.8) is 0 Å². The van der Waals surface area contributed by atoms with Gasteiger partial charge in [-0.1, -0.05) is 35.4 Å². The van der Waals surface area contributed by atoms with Crippen molar-refractivity contribution in [3.8, 4) is 11.5 Å². The van der Waals surface area contributed by atoms with Crippen LogP contribution in [0.2, 0.25) is 0 Å². The number of hydrogen-bond donors (Lipinski definition) is 1. The summed E-state index contributed by atoms with van der Waals surface area (Å²) in [6.45, 7) is 3.88. The summed E-state index contributed by atoms with van der Waals surface area (Å²) in [4.78, 5) is 4.42. The van der Waals surface area contributed by atoms with Crippen LogP contribution < -0.4 is 5.32 Å². The quantitative estimate of drug-likeness (QED) is 0.780. The molecule has 5 nitrogen and oxygen atoms in total. The summed E-state index contributed by atoms with van der Waals surface area (Å²) < 4.78 is 31.3. The fraction of sp³-hybridized carbons (Fsp3) is 0.167. The molecular formula is C18H18N2O3S. The predicted molar refractivity (Wildman–Crippen MR) is 92.9 cm³/mol. The average Bonchev–Trinajstić information content (AvgIpc) is 3.01. The van der Waals surface area contributed by atoms with Gasteiger partial charge in [-0.15, -0.1) is 0 Å². The molecule has 0 spiro atoms. The summed E-state index contributed by atoms with van der Waals surface area (Å²) in [6, 6.07) is 14.2. The maximum atomic E-state index is 12.9. The van der Waals surface area contributed by atoms with E-state index in [-0.39, 0.29) is 21.7 Å². The van der Waals surface area contributed by atoms with E-state index in [9.17, 15) is 8.42 Å². The van der Waals surface area contributed by atoms with E-state index in [1.165, 1.54) is 0 Å². The van der Waals surface area contributed by atoms with Crippen LogP contribution in [0.15, 0.2) is 62.9 Å². The number of oxazole rings is 1. The second kappa shape index (κ2) is 6.13. The maximum Gasteiger partial charge on any atom is 0.233 e. The van der Waals surface area contributed by atoms with E-state index in [4.69, 9.17) is 4.42 Å². The molecule has 0 amide bonds. The third kappa shape index (κ3) is 2.92. The lowest BCUT2D eigenvalue weighted by atomic mass is 10.1. The number of benzene rings is 2. The molecule has 0 aliphatic heterocycles. The van der Waals surface area contributed by atoms with E-state index < -0.39 is 9.84 Å². The van der Waals surface area contributed by atoms with Gasteiger partial charge >= 0.3 is 0 Å². The van der Waals surface area contributed by atoms with Crippen LogP contribution in [-0.4, -0.2) is 20.4 Å². The minimum absolute atomic E-state index is 0.107. The lowest BCUT2D eigenvalue weighted by molar-refractivity contribution is 0.580. The van der Waals surface area contributed by atoms with Gasteiger partial charge in [-0.3, -0.25) is 0 Å². The maximum absolute atomic E-state index is 12.9. The third-order valence-corrected chi connectivity index (χ3v) is 5.39. The van der Waals surface area contributed by atoms with E-state index in [2.05, 4.69) is 10.3 Å². The second-order valence-electron chi connectivity index (χ2n) is 5.59. The Labute approximate surface area is 141 Å². The highest BCUT2D eigenvalue weighted by Crippen LogP contribution is 2.32. The van der Waals surface area contributed by atoms with Crippen molar-refractivity contribution in [2.45, 2.75) is 23.8 Å². The highest BCUT2D eigenvalue weighted by molar-refractivity contribution is 7.91. The Morgan fingerprint density at radius 2 is 1.46 bits per heavy atom. The molecule has 0 atom stereocenters. The van der Waals surface area contributed by atoms with Gasteiger partial charge in [0.1, 0.15) is 0 Å². The van der Waals surface area contributed by atoms with Crippen LogP contribution >= 0.6 is 0 Å². The van der Waals surface area contributed by atoms with Crippen molar-refractivity contribution in [1.29, 1.82) is 0 Å². The van der Waals surface area contributed by atoms with Crippen molar-refractivity contribution in [3.05, 3.63) is 59.7 Å². The van der Waals surface area contributed by atoms with Gasteiger partial charge < -0.3 is 9.73 Å². The lowest BCUT2D eigenvalue weighted by Crippen LogP contribution is -2.05. The Morgan fingerprint density at radius 3 is 2.00 bits per heavy atom. The summed E-state index contributed by atoms with van der Waals surface area (Å²) in [6.07, 6.45) is 0. The molecule has 2 aromatic carbocycles. The minimum atomic E-state index is -3.76. The molecule has 0 bridgehead atoms. The molecule has 0 radical (unpaired) electrons. The largest absolute Gasteiger partial charge is 0.419 e. The molecule has 0 saturated heterocycles. The number of sulfone groups is 1. The first-order chi connectivity index (χ1) is 11.4. The van der Waals surface area contributed by atoms with Crippen molar-refractivity contribution in [1.82, 2.24) is 4.98 Å². The number of aromatic nitrogens is 1. The van der Waals surface area contributed by atoms with Crippen molar-refractivity contribution < 1.29 is 12.8 Å². The zero-order chi connectivity index (χ0) is 17.3. The number of aryl methyl sites for hydroxylation is 2. The van der Waals surface area contributed by atoms with E-state index in [0.717, 1.165) is 16.7 Å². The number of rotatable bonds is 4. The van der Waals surface area contributed by atoms with Crippen LogP contribution in [0.25, 0.3) is 11.5 Å². The first-order valence-corrected chi connectivity index (χ1v) is 8.97. The lowest BCUT2D eigenvalue weighted by Gasteiger charge is -2.03. The number of hydrogen-bond acceptors (Lipinski definition) is 5. The summed E-state index contributed by atoms with van der Waals surface area (Å²) in [5.41, 5.74) is 2.82. The summed E-state index contributed by atoms with van der Waals surface area (Å²) >= 11 is 0. The standard InChI is InChI=1S/C18H18N2O3S/c1-12-4-8-14(9-5-12)16-20-18(17(19-3)23-16)24(21,22)15-10-6-13(2)7-11-15/h4-11,19H,1-3H3. The van der Waals surface area contributed by atoms with E-state index >= 15 is 0 Å². The molecule has 1 heterocycles. The molecule has 1 N–H and O–H groups in total. The monoisotopic (exact) mass is 342 g/mol. The van der Waals surface area contributed by atoms with Crippen LogP contribution in [0.3, 0.4) is 0 Å². The number of nitrogens with one attached hydrogen (secondary N) is 1. The van der Waals surface area contributed by atoms with Crippen LogP contribution in [0.4, 0.5) is 5.88 Å². The van der Waals surface area contributed by atoms with Gasteiger partial charge in [0.05, 0.1) is 4.90 Å². The van der Waals surface area contributed by atoms with Crippen LogP contribution in [0, 0.1) is 13.8 Å². The summed E-state index contributed by atoms with van der Waals surface area (Å²) in [7, 11) is -2.16. The first kappa shape index (κ1) is 16.3. The Balaban J connectivity index is 2.10. The third-order valence-electron chi connectivity index (χ3n) is 3.71. The minimum Gasteiger partial charge on any atom is -0.419 e. The highest BCUT2D eigenvalue weighted by Gasteiger charge is 2.27. The molecular weight excluding hydrogens is 324 g/mol. The SMILES string of the molecule is CNc1oc(-c2ccc(C)cc2)nc1S(=O)(=O)c1ccc(C)cc1. The van der Waals surface area contributed by atoms with Crippen molar-refractivity contribution in [2.75, 3.05) is 12.4 Å². The predicted octanol–water partition coefficient (Wildman–Crippen LogP) is 3.83. The topological polar surface area (TPSA) is 72.2 Å². The zero-order valence-corrected chi connectivity index (χ0v) is 14.5. The summed E-state index contributed by atoms with van der Waals surface area (Å²) in [5.74, 6) is 0.399. The molecule has 0 aliphatic carbocycles. The fourth-order valence-electron chi connectivity index (χ4n) is 2.29. The Bertz CT molecular complexity index is 957. The van der Waals surface area contributed by atoms with E-state index in [1.54, 1.807) is 31.3 Å². The van der Waals surface area contributed by atoms with Gasteiger partial charge in [0.2, 0.25) is 26.6 Å². The molecule has 0 saturated carbocycles. The van der Waals surface area contributed by atoms with Gasteiger partial charge in [0, 0.05) is 12.6 Å². The molecule has 0 fully saturated rings. The molecule has 0 aliphatic rings. The number of nitrogens with zero attached hydrogens (tertiary/aromatic N) is 1. The molecule has 124 valence electrons. The zero-order valence-electron chi connectivity index (χ0n) is 13.7. The van der Waals surface area contributed by atoms with Gasteiger partial charge in [-0.2, -0.15) is 4.98 Å². The molecule has 6 heteroatoms. The van der Waals surface area contributed by atoms with E-state index in [1.807, 2.05) is 38.1 Å². The second-order valence-corrected chi connectivity index (χ2v) is 7.45. The number of anilines is 1. The Kier molecular flexibility index (Phi) is 4.15. The normalized spacial score (nSPS) is 11.5. The average molecular weight is 342 g/mol. The van der Waals surface area contributed by atoms with Crippen molar-refractivity contribution >= 4 is 15.7 Å². The van der Waals surface area contributed by atoms with E-state index in [0.29, 0.717) is 0 Å². The van der Waals surface area contributed by atoms with Crippen LogP contribution in [0.5, 0.6) is 0 Å². The highest BCUT2D eigenvalue weighted by atomic mass is 32.2. The first-order valence-electron chi connectivity index (χ1n) is 7.49. The van der Waals surface area contributed by atoms with Crippen LogP contribution in [0.1, 0.15) is 11.1 Å². The molecule has 0 unspecified atom stereocenters. The van der Waals surface area contributed by atoms with Gasteiger partial charge in [0.25, 0.3) is 0 Å². The Morgan fingerprint density at radius 1 is 0.917 bits per heavy atom. The molecule has 24 heavy (non-hydrogen) atoms. The fourth-order valence-corrected chi connectivity index (χ4v) is 3.60.